The van der Waals surface area contributed by atoms with Crippen molar-refractivity contribution in [2.24, 2.45) is 0 Å². The van der Waals surface area contributed by atoms with Crippen molar-refractivity contribution in [1.82, 2.24) is 9.88 Å². The maximum absolute atomic E-state index is 12.6. The van der Waals surface area contributed by atoms with E-state index in [2.05, 4.69) is 5.32 Å². The second-order valence-corrected chi connectivity index (χ2v) is 6.13. The average Bonchev–Trinajstić information content (AvgIpc) is 2.65. The van der Waals surface area contributed by atoms with Crippen molar-refractivity contribution in [2.75, 3.05) is 0 Å². The van der Waals surface area contributed by atoms with E-state index < -0.39 is 5.91 Å². The Kier molecular flexibility index (Phi) is 5.17. The molecule has 0 aliphatic carbocycles. The number of nitrogens with zero attached hydrogens (tertiary/aromatic N) is 1. The summed E-state index contributed by atoms with van der Waals surface area (Å²) in [5.74, 6) is -0.752. The molecule has 0 saturated carbocycles. The minimum Gasteiger partial charge on any atom is -0.507 e. The lowest BCUT2D eigenvalue weighted by Gasteiger charge is -2.16. The normalized spacial score (nSPS) is 11.7. The van der Waals surface area contributed by atoms with Crippen LogP contribution in [0.3, 0.4) is 0 Å². The second kappa shape index (κ2) is 7.70. The van der Waals surface area contributed by atoms with E-state index in [-0.39, 0.29) is 22.9 Å². The largest absolute Gasteiger partial charge is 0.507 e. The Morgan fingerprint density at radius 1 is 1.08 bits per heavy atom. The highest BCUT2D eigenvalue weighted by Crippen LogP contribution is 2.17. The van der Waals surface area contributed by atoms with Gasteiger partial charge in [0.25, 0.3) is 11.5 Å². The van der Waals surface area contributed by atoms with Gasteiger partial charge in [-0.1, -0.05) is 60.7 Å². The van der Waals surface area contributed by atoms with Gasteiger partial charge in [0, 0.05) is 12.3 Å². The molecule has 5 nitrogen and oxygen atoms in total. The summed E-state index contributed by atoms with van der Waals surface area (Å²) in [5, 5.41) is 12.9. The first-order valence-corrected chi connectivity index (χ1v) is 8.38. The van der Waals surface area contributed by atoms with Crippen LogP contribution in [-0.4, -0.2) is 15.6 Å². The van der Waals surface area contributed by atoms with Crippen LogP contribution in [0.4, 0.5) is 0 Å². The Morgan fingerprint density at radius 2 is 1.69 bits per heavy atom. The first-order valence-electron chi connectivity index (χ1n) is 8.38. The third-order valence-electron chi connectivity index (χ3n) is 4.19. The van der Waals surface area contributed by atoms with Gasteiger partial charge in [-0.25, -0.2) is 0 Å². The number of hydrogen-bond donors (Lipinski definition) is 2. The van der Waals surface area contributed by atoms with Gasteiger partial charge in [0.2, 0.25) is 0 Å². The van der Waals surface area contributed by atoms with E-state index in [0.717, 1.165) is 17.2 Å². The van der Waals surface area contributed by atoms with Gasteiger partial charge in [0.15, 0.2) is 0 Å². The van der Waals surface area contributed by atoms with Crippen LogP contribution < -0.4 is 10.9 Å². The molecule has 132 valence electrons. The first kappa shape index (κ1) is 17.5. The van der Waals surface area contributed by atoms with Crippen molar-refractivity contribution in [1.29, 1.82) is 0 Å². The Hall–Kier alpha value is -3.34. The number of hydrogen-bond acceptors (Lipinski definition) is 3. The van der Waals surface area contributed by atoms with Crippen LogP contribution in [0.15, 0.2) is 77.7 Å². The summed E-state index contributed by atoms with van der Waals surface area (Å²) in [4.78, 5) is 24.7. The average molecular weight is 348 g/mol. The van der Waals surface area contributed by atoms with Crippen molar-refractivity contribution in [3.05, 3.63) is 100.0 Å². The molecule has 1 atom stereocenters. The summed E-state index contributed by atoms with van der Waals surface area (Å²) in [6.45, 7) is 2.19. The fourth-order valence-electron chi connectivity index (χ4n) is 2.74. The maximum Gasteiger partial charge on any atom is 0.257 e. The van der Waals surface area contributed by atoms with Crippen molar-refractivity contribution in [3.8, 4) is 5.75 Å². The Bertz CT molecular complexity index is 950. The topological polar surface area (TPSA) is 71.3 Å². The monoisotopic (exact) mass is 348 g/mol. The third-order valence-corrected chi connectivity index (χ3v) is 4.19. The number of aromatic nitrogens is 1. The van der Waals surface area contributed by atoms with E-state index >= 15 is 0 Å². The van der Waals surface area contributed by atoms with Gasteiger partial charge < -0.3 is 15.0 Å². The molecule has 26 heavy (non-hydrogen) atoms. The van der Waals surface area contributed by atoms with Crippen LogP contribution >= 0.6 is 0 Å². The summed E-state index contributed by atoms with van der Waals surface area (Å²) in [6.07, 6.45) is 1.40. The molecule has 0 fully saturated rings. The van der Waals surface area contributed by atoms with E-state index in [4.69, 9.17) is 0 Å². The molecule has 3 aromatic rings. The van der Waals surface area contributed by atoms with Gasteiger partial charge in [-0.3, -0.25) is 9.59 Å². The summed E-state index contributed by atoms with van der Waals surface area (Å²) in [6, 6.07) is 19.9. The highest BCUT2D eigenvalue weighted by atomic mass is 16.3. The van der Waals surface area contributed by atoms with Gasteiger partial charge in [0.1, 0.15) is 5.75 Å². The number of carbonyl (C=O) groups excluding carboxylic acids is 1. The molecule has 0 radical (unpaired) electrons. The fraction of sp³-hybridized carbons (Fsp3) is 0.143. The smallest absolute Gasteiger partial charge is 0.257 e. The highest BCUT2D eigenvalue weighted by Gasteiger charge is 2.17. The van der Waals surface area contributed by atoms with E-state index in [1.807, 2.05) is 67.6 Å². The molecule has 0 aliphatic heterocycles. The molecule has 2 aromatic carbocycles. The summed E-state index contributed by atoms with van der Waals surface area (Å²) >= 11 is 0. The van der Waals surface area contributed by atoms with Crippen molar-refractivity contribution >= 4 is 5.91 Å². The van der Waals surface area contributed by atoms with E-state index in [1.165, 1.54) is 10.8 Å². The Balaban J connectivity index is 1.84. The third kappa shape index (κ3) is 4.00. The molecule has 5 heteroatoms. The molecule has 2 N–H and O–H groups in total. The highest BCUT2D eigenvalue weighted by molar-refractivity contribution is 5.96. The van der Waals surface area contributed by atoms with E-state index in [1.54, 1.807) is 0 Å². The van der Waals surface area contributed by atoms with Crippen LogP contribution in [0.5, 0.6) is 5.75 Å². The number of benzene rings is 2. The van der Waals surface area contributed by atoms with Gasteiger partial charge in [-0.05, 0) is 18.1 Å². The molecule has 0 spiro atoms. The quantitative estimate of drug-likeness (QED) is 0.744. The molecule has 3 rings (SSSR count). The number of carbonyl (C=O) groups is 1. The maximum atomic E-state index is 12.6. The first-order chi connectivity index (χ1) is 12.5. The number of amides is 1. The zero-order chi connectivity index (χ0) is 18.5. The van der Waals surface area contributed by atoms with E-state index in [9.17, 15) is 14.7 Å². The van der Waals surface area contributed by atoms with Crippen LogP contribution in [0.2, 0.25) is 0 Å². The van der Waals surface area contributed by atoms with Crippen LogP contribution in [0.25, 0.3) is 0 Å². The zero-order valence-electron chi connectivity index (χ0n) is 14.4. The molecule has 0 unspecified atom stereocenters. The summed E-state index contributed by atoms with van der Waals surface area (Å²) in [5.41, 5.74) is 1.60. The molecule has 0 aliphatic rings. The Morgan fingerprint density at radius 3 is 2.35 bits per heavy atom. The van der Waals surface area contributed by atoms with Crippen molar-refractivity contribution < 1.29 is 9.90 Å². The number of rotatable bonds is 5. The van der Waals surface area contributed by atoms with Gasteiger partial charge >= 0.3 is 0 Å². The molecule has 1 aromatic heterocycles. The zero-order valence-corrected chi connectivity index (χ0v) is 14.4. The second-order valence-electron chi connectivity index (χ2n) is 6.13. The molecule has 0 saturated heterocycles. The number of aromatic hydroxyl groups is 1. The number of pyridine rings is 1. The molecular formula is C21H20N2O3. The summed E-state index contributed by atoms with van der Waals surface area (Å²) in [7, 11) is 0. The molecular weight excluding hydrogens is 328 g/mol. The van der Waals surface area contributed by atoms with Crippen LogP contribution in [0, 0.1) is 0 Å². The number of nitrogens with one attached hydrogen (secondary N) is 1. The molecule has 0 bridgehead atoms. The summed E-state index contributed by atoms with van der Waals surface area (Å²) < 4.78 is 1.41. The van der Waals surface area contributed by atoms with Gasteiger partial charge in [-0.15, -0.1) is 0 Å². The van der Waals surface area contributed by atoms with Gasteiger partial charge in [0.05, 0.1) is 18.2 Å². The van der Waals surface area contributed by atoms with Gasteiger partial charge in [-0.2, -0.15) is 0 Å². The van der Waals surface area contributed by atoms with Crippen molar-refractivity contribution in [2.45, 2.75) is 19.5 Å². The standard InChI is InChI=1S/C21H20N2O3/c1-15(17-10-6-3-7-11-17)22-21(26)18-14-23(20(25)12-19(18)24)13-16-8-4-2-5-9-16/h2-12,14-15,24H,13H2,1H3,(H,22,26)/t15-/m1/s1. The van der Waals surface area contributed by atoms with Crippen LogP contribution in [-0.2, 0) is 6.54 Å². The lowest BCUT2D eigenvalue weighted by molar-refractivity contribution is 0.0936. The Labute approximate surface area is 151 Å². The lowest BCUT2D eigenvalue weighted by atomic mass is 10.1. The minimum absolute atomic E-state index is 0.0725. The predicted octanol–water partition coefficient (Wildman–Crippen LogP) is 3.09. The predicted molar refractivity (Wildman–Crippen MR) is 100 cm³/mol. The minimum atomic E-state index is -0.430. The SMILES string of the molecule is C[C@@H](NC(=O)c1cn(Cc2ccccc2)c(=O)cc1O)c1ccccc1. The van der Waals surface area contributed by atoms with E-state index in [0.29, 0.717) is 6.54 Å². The lowest BCUT2D eigenvalue weighted by Crippen LogP contribution is -2.29. The molecule has 1 heterocycles. The van der Waals surface area contributed by atoms with Crippen molar-refractivity contribution in [3.63, 3.8) is 0 Å². The fourth-order valence-corrected chi connectivity index (χ4v) is 2.74. The van der Waals surface area contributed by atoms with Crippen LogP contribution in [0.1, 0.15) is 34.5 Å². The molecule has 1 amide bonds.